The molecule has 1 atom stereocenters. The number of aliphatic hydroxyl groups is 1. The molecule has 0 spiro atoms. The van der Waals surface area contributed by atoms with Gasteiger partial charge >= 0.3 is 35.8 Å². The average molecular weight is 392 g/mol. The second kappa shape index (κ2) is 6.09. The summed E-state index contributed by atoms with van der Waals surface area (Å²) in [6.45, 7) is 0.892. The molecule has 0 aromatic heterocycles. The highest BCUT2D eigenvalue weighted by Gasteiger charge is 2.90. The van der Waals surface area contributed by atoms with Crippen LogP contribution in [0, 0.1) is 0 Å². The van der Waals surface area contributed by atoms with E-state index < -0.39 is 54.7 Å². The quantitative estimate of drug-likeness (QED) is 0.612. The van der Waals surface area contributed by atoms with Crippen molar-refractivity contribution in [3.05, 3.63) is 0 Å². The maximum Gasteiger partial charge on any atom is 0.460 e. The third-order valence-electron chi connectivity index (χ3n) is 2.96. The average Bonchev–Trinajstić information content (AvgIpc) is 2.35. The van der Waals surface area contributed by atoms with Gasteiger partial charge in [0.1, 0.15) is 0 Å². The highest BCUT2D eigenvalue weighted by atomic mass is 19.4. The Hall–Kier alpha value is -0.950. The first kappa shape index (κ1) is 23.1. The Kier molecular flexibility index (Phi) is 5.85. The molecule has 0 aromatic rings. The fourth-order valence-corrected chi connectivity index (χ4v) is 1.37. The van der Waals surface area contributed by atoms with Crippen molar-refractivity contribution in [1.82, 2.24) is 0 Å². The lowest BCUT2D eigenvalue weighted by molar-refractivity contribution is -0.440. The minimum absolute atomic E-state index is 0.744. The summed E-state index contributed by atoms with van der Waals surface area (Å²) in [6.07, 6.45) is -13.2. The molecule has 0 saturated heterocycles. The summed E-state index contributed by atoms with van der Waals surface area (Å²) < 4.78 is 164. The molecule has 1 nitrogen and oxygen atoms in total. The van der Waals surface area contributed by atoms with Crippen LogP contribution in [0.5, 0.6) is 0 Å². The van der Waals surface area contributed by atoms with E-state index >= 15 is 0 Å². The summed E-state index contributed by atoms with van der Waals surface area (Å²) in [4.78, 5) is 0. The van der Waals surface area contributed by atoms with Gasteiger partial charge in [0.25, 0.3) is 0 Å². The zero-order chi connectivity index (χ0) is 20.0. The van der Waals surface area contributed by atoms with Gasteiger partial charge in [0.15, 0.2) is 0 Å². The largest absolute Gasteiger partial charge is 0.460 e. The molecule has 0 aliphatic heterocycles. The smallest absolute Gasteiger partial charge is 0.393 e. The van der Waals surface area contributed by atoms with E-state index in [2.05, 4.69) is 0 Å². The van der Waals surface area contributed by atoms with Crippen LogP contribution in [0.15, 0.2) is 0 Å². The minimum Gasteiger partial charge on any atom is -0.393 e. The highest BCUT2D eigenvalue weighted by Crippen LogP contribution is 2.60. The van der Waals surface area contributed by atoms with Crippen LogP contribution >= 0.6 is 0 Å². The number of hydrogen-bond acceptors (Lipinski definition) is 1. The van der Waals surface area contributed by atoms with E-state index in [9.17, 15) is 57.1 Å². The zero-order valence-electron chi connectivity index (χ0n) is 11.4. The van der Waals surface area contributed by atoms with Crippen molar-refractivity contribution in [1.29, 1.82) is 0 Å². The maximum absolute atomic E-state index is 13.1. The van der Waals surface area contributed by atoms with Crippen LogP contribution < -0.4 is 0 Å². The molecule has 0 saturated carbocycles. The summed E-state index contributed by atoms with van der Waals surface area (Å²) >= 11 is 0. The van der Waals surface area contributed by atoms with Crippen molar-refractivity contribution < 1.29 is 62.2 Å². The molecule has 146 valence electrons. The molecule has 0 aromatic carbocycles. The zero-order valence-corrected chi connectivity index (χ0v) is 11.4. The van der Waals surface area contributed by atoms with Gasteiger partial charge in [-0.15, -0.1) is 0 Å². The Morgan fingerprint density at radius 2 is 0.958 bits per heavy atom. The molecular formula is C10H9F13O. The van der Waals surface area contributed by atoms with Gasteiger partial charge in [-0.3, -0.25) is 0 Å². The molecule has 0 bridgehead atoms. The second-order valence-electron chi connectivity index (χ2n) is 4.77. The number of hydrogen-bond donors (Lipinski definition) is 1. The summed E-state index contributed by atoms with van der Waals surface area (Å²) in [5.74, 6) is -37.0. The van der Waals surface area contributed by atoms with E-state index in [4.69, 9.17) is 5.11 Å². The SMILES string of the molecule is CCC(O)CC(F)(F)C(F)(F)C(F)(F)C(F)(F)C(F)(F)C(F)(F)F. The lowest BCUT2D eigenvalue weighted by atomic mass is 9.91. The Balaban J connectivity index is 6.11. The summed E-state index contributed by atoms with van der Waals surface area (Å²) in [5, 5.41) is 8.74. The first-order valence-electron chi connectivity index (χ1n) is 5.84. The fraction of sp³-hybridized carbons (Fsp3) is 1.00. The Morgan fingerprint density at radius 1 is 0.625 bits per heavy atom. The fourth-order valence-electron chi connectivity index (χ4n) is 1.37. The van der Waals surface area contributed by atoms with Crippen molar-refractivity contribution in [3.63, 3.8) is 0 Å². The van der Waals surface area contributed by atoms with Crippen molar-refractivity contribution >= 4 is 0 Å². The third kappa shape index (κ3) is 3.25. The molecule has 14 heteroatoms. The van der Waals surface area contributed by atoms with Crippen LogP contribution in [0.2, 0.25) is 0 Å². The Labute approximate surface area is 125 Å². The lowest BCUT2D eigenvalue weighted by Gasteiger charge is -2.40. The van der Waals surface area contributed by atoms with Gasteiger partial charge in [0, 0.05) is 6.42 Å². The molecule has 0 radical (unpaired) electrons. The van der Waals surface area contributed by atoms with Gasteiger partial charge in [-0.05, 0) is 6.42 Å². The first-order chi connectivity index (χ1) is 10.2. The molecule has 0 heterocycles. The molecule has 1 N–H and O–H groups in total. The molecule has 24 heavy (non-hydrogen) atoms. The molecule has 0 amide bonds. The first-order valence-corrected chi connectivity index (χ1v) is 5.84. The molecule has 0 rings (SSSR count). The van der Waals surface area contributed by atoms with E-state index in [-0.39, 0.29) is 0 Å². The van der Waals surface area contributed by atoms with Crippen LogP contribution in [-0.2, 0) is 0 Å². The van der Waals surface area contributed by atoms with Crippen molar-refractivity contribution in [2.24, 2.45) is 0 Å². The van der Waals surface area contributed by atoms with Gasteiger partial charge in [0.05, 0.1) is 6.10 Å². The Bertz CT molecular complexity index is 439. The molecule has 0 aliphatic rings. The topological polar surface area (TPSA) is 20.2 Å². The van der Waals surface area contributed by atoms with E-state index in [1.807, 2.05) is 0 Å². The van der Waals surface area contributed by atoms with Gasteiger partial charge < -0.3 is 5.11 Å². The minimum atomic E-state index is -7.90. The number of aliphatic hydroxyl groups excluding tert-OH is 1. The van der Waals surface area contributed by atoms with E-state index in [0.29, 0.717) is 0 Å². The standard InChI is InChI=1S/C10H9F13O/c1-2-4(24)3-5(11,12)6(13,14)7(15,16)8(17,18)9(19,20)10(21,22)23/h4,24H,2-3H2,1H3. The number of halogens is 13. The predicted octanol–water partition coefficient (Wildman–Crippen LogP) is 4.89. The molecule has 0 aliphatic carbocycles. The lowest BCUT2D eigenvalue weighted by Crippen LogP contribution is -2.70. The third-order valence-corrected chi connectivity index (χ3v) is 2.96. The molecule has 1 unspecified atom stereocenters. The van der Waals surface area contributed by atoms with Crippen LogP contribution in [0.3, 0.4) is 0 Å². The molecular weight excluding hydrogens is 383 g/mol. The van der Waals surface area contributed by atoms with Crippen molar-refractivity contribution in [2.45, 2.75) is 61.7 Å². The highest BCUT2D eigenvalue weighted by molar-refractivity contribution is 5.10. The monoisotopic (exact) mass is 392 g/mol. The van der Waals surface area contributed by atoms with Crippen LogP contribution in [0.1, 0.15) is 19.8 Å². The van der Waals surface area contributed by atoms with Crippen LogP contribution in [0.25, 0.3) is 0 Å². The normalized spacial score (nSPS) is 17.1. The van der Waals surface area contributed by atoms with Gasteiger partial charge in [0.2, 0.25) is 0 Å². The van der Waals surface area contributed by atoms with Crippen molar-refractivity contribution in [2.75, 3.05) is 0 Å². The van der Waals surface area contributed by atoms with Crippen LogP contribution in [0.4, 0.5) is 57.1 Å². The summed E-state index contributed by atoms with van der Waals surface area (Å²) in [6, 6.07) is 0. The van der Waals surface area contributed by atoms with E-state index in [1.165, 1.54) is 0 Å². The number of alkyl halides is 13. The Morgan fingerprint density at radius 3 is 1.25 bits per heavy atom. The van der Waals surface area contributed by atoms with Gasteiger partial charge in [-0.25, -0.2) is 0 Å². The predicted molar refractivity (Wildman–Crippen MR) is 51.7 cm³/mol. The molecule has 0 fully saturated rings. The van der Waals surface area contributed by atoms with Gasteiger partial charge in [-0.1, -0.05) is 6.92 Å². The van der Waals surface area contributed by atoms with E-state index in [1.54, 1.807) is 0 Å². The summed E-state index contributed by atoms with van der Waals surface area (Å²) in [7, 11) is 0. The van der Waals surface area contributed by atoms with E-state index in [0.717, 1.165) is 6.92 Å². The van der Waals surface area contributed by atoms with Crippen molar-refractivity contribution in [3.8, 4) is 0 Å². The maximum atomic E-state index is 13.1. The summed E-state index contributed by atoms with van der Waals surface area (Å²) in [5.41, 5.74) is 0. The number of rotatable bonds is 7. The van der Waals surface area contributed by atoms with Gasteiger partial charge in [-0.2, -0.15) is 57.1 Å². The second-order valence-corrected chi connectivity index (χ2v) is 4.77. The van der Waals surface area contributed by atoms with Crippen LogP contribution in [-0.4, -0.2) is 47.0 Å².